The molecule has 3 saturated heterocycles. The summed E-state index contributed by atoms with van der Waals surface area (Å²) in [7, 11) is -2.96. The molecule has 3 aliphatic heterocycles. The van der Waals surface area contributed by atoms with Gasteiger partial charge in [-0.3, -0.25) is 19.5 Å². The Morgan fingerprint density at radius 1 is 0.864 bits per heavy atom. The average Bonchev–Trinajstić information content (AvgIpc) is 3.15. The second kappa shape index (κ2) is 13.7. The summed E-state index contributed by atoms with van der Waals surface area (Å²) in [5.74, 6) is 1.35. The monoisotopic (exact) mass is 768 g/mol. The Hall–Kier alpha value is -1.53. The summed E-state index contributed by atoms with van der Waals surface area (Å²) in [5.41, 5.74) is 4.98. The quantitative estimate of drug-likeness (QED) is 0.422. The molecular formula is C32H39Br2ClN4O4S. The van der Waals surface area contributed by atoms with Gasteiger partial charge in [-0.25, -0.2) is 8.42 Å². The van der Waals surface area contributed by atoms with Crippen LogP contribution in [0.2, 0.25) is 5.02 Å². The maximum absolute atomic E-state index is 13.4. The fraction of sp³-hybridized carbons (Fsp3) is 0.594. The molecule has 12 heteroatoms. The number of hydrogen-bond donors (Lipinski definition) is 0. The van der Waals surface area contributed by atoms with Crippen LogP contribution in [0, 0.1) is 11.8 Å². The van der Waals surface area contributed by atoms with Gasteiger partial charge in [0.25, 0.3) is 0 Å². The standard InChI is InChI=1S/C32H39Br2ClN4O4S/c33-25-16-24-2-1-23-17-26(35)18-27(34)30(23)31(32(24)36-19-25)22-5-9-38(10-6-22)28(40)15-21-3-7-39(8-4-21)29(41)20-37-11-13-44(42,43)14-12-37/h16-19,21-22,31H,1-15,20H2/t31-/m1/s1. The van der Waals surface area contributed by atoms with Crippen LogP contribution in [0.4, 0.5) is 0 Å². The number of sulfone groups is 1. The number of halogens is 3. The molecule has 4 heterocycles. The number of hydrogen-bond acceptors (Lipinski definition) is 6. The van der Waals surface area contributed by atoms with Crippen molar-refractivity contribution in [2.75, 3.05) is 57.3 Å². The van der Waals surface area contributed by atoms with Crippen molar-refractivity contribution in [1.29, 1.82) is 0 Å². The highest BCUT2D eigenvalue weighted by Gasteiger charge is 2.37. The molecule has 1 aromatic carbocycles. The largest absolute Gasteiger partial charge is 0.343 e. The molecule has 0 N–H and O–H groups in total. The van der Waals surface area contributed by atoms with Gasteiger partial charge < -0.3 is 9.80 Å². The zero-order chi connectivity index (χ0) is 31.0. The predicted octanol–water partition coefficient (Wildman–Crippen LogP) is 5.09. The van der Waals surface area contributed by atoms with E-state index < -0.39 is 9.84 Å². The molecule has 3 fully saturated rings. The average molecular weight is 771 g/mol. The van der Waals surface area contributed by atoms with Crippen LogP contribution in [0.3, 0.4) is 0 Å². The maximum atomic E-state index is 13.4. The van der Waals surface area contributed by atoms with Gasteiger partial charge in [-0.2, -0.15) is 0 Å². The summed E-state index contributed by atoms with van der Waals surface area (Å²) >= 11 is 13.9. The zero-order valence-corrected chi connectivity index (χ0v) is 29.6. The second-order valence-electron chi connectivity index (χ2n) is 12.8. The van der Waals surface area contributed by atoms with Crippen LogP contribution in [0.15, 0.2) is 33.3 Å². The highest BCUT2D eigenvalue weighted by atomic mass is 79.9. The number of piperidine rings is 2. The molecule has 238 valence electrons. The molecule has 0 saturated carbocycles. The third kappa shape index (κ3) is 7.37. The summed E-state index contributed by atoms with van der Waals surface area (Å²) in [6.07, 6.45) is 7.78. The summed E-state index contributed by atoms with van der Waals surface area (Å²) in [5, 5.41) is 0.740. The number of fused-ring (bicyclic) bond motifs is 2. The molecule has 4 aliphatic rings. The highest BCUT2D eigenvalue weighted by molar-refractivity contribution is 9.10. The van der Waals surface area contributed by atoms with Crippen molar-refractivity contribution in [2.45, 2.75) is 50.9 Å². The summed E-state index contributed by atoms with van der Waals surface area (Å²) in [4.78, 5) is 37.1. The van der Waals surface area contributed by atoms with E-state index in [1.54, 1.807) is 0 Å². The number of aryl methyl sites for hydroxylation is 2. The topological polar surface area (TPSA) is 90.9 Å². The number of carbonyl (C=O) groups excluding carboxylic acids is 2. The molecule has 2 amide bonds. The molecule has 6 rings (SSSR count). The van der Waals surface area contributed by atoms with E-state index >= 15 is 0 Å². The molecule has 0 bridgehead atoms. The van der Waals surface area contributed by atoms with Crippen LogP contribution in [-0.4, -0.2) is 97.2 Å². The first-order valence-corrected chi connectivity index (χ1v) is 19.5. The number of carbonyl (C=O) groups is 2. The van der Waals surface area contributed by atoms with Crippen molar-refractivity contribution in [3.05, 3.63) is 60.7 Å². The molecule has 0 spiro atoms. The number of amides is 2. The third-order valence-corrected chi connectivity index (χ3v) is 12.9. The Kier molecular flexibility index (Phi) is 10.1. The number of aromatic nitrogens is 1. The van der Waals surface area contributed by atoms with E-state index in [1.165, 1.54) is 16.7 Å². The lowest BCUT2D eigenvalue weighted by molar-refractivity contribution is -0.135. The van der Waals surface area contributed by atoms with Gasteiger partial charge in [-0.05, 0) is 101 Å². The fourth-order valence-corrected chi connectivity index (χ4v) is 10.3. The van der Waals surface area contributed by atoms with Gasteiger partial charge in [0.15, 0.2) is 9.84 Å². The van der Waals surface area contributed by atoms with Crippen molar-refractivity contribution >= 4 is 65.1 Å². The van der Waals surface area contributed by atoms with Crippen molar-refractivity contribution in [2.24, 2.45) is 11.8 Å². The number of rotatable bonds is 5. The lowest BCUT2D eigenvalue weighted by Crippen LogP contribution is -2.48. The SMILES string of the molecule is O=C(CC1CCN(C(=O)CN2CCS(=O)(=O)CC2)CC1)N1CCC([C@H]2c3ncc(Br)cc3CCc3cc(Cl)cc(Br)c32)CC1. The Morgan fingerprint density at radius 2 is 1.50 bits per heavy atom. The minimum atomic E-state index is -2.96. The molecule has 1 aliphatic carbocycles. The van der Waals surface area contributed by atoms with Gasteiger partial charge in [-0.15, -0.1) is 0 Å². The number of benzene rings is 1. The Labute approximate surface area is 282 Å². The Balaban J connectivity index is 1.03. The number of likely N-dealkylation sites (tertiary alicyclic amines) is 2. The van der Waals surface area contributed by atoms with Gasteiger partial charge >= 0.3 is 0 Å². The van der Waals surface area contributed by atoms with E-state index in [9.17, 15) is 18.0 Å². The Bertz CT molecular complexity index is 1510. The smallest absolute Gasteiger partial charge is 0.236 e. The van der Waals surface area contributed by atoms with Crippen LogP contribution >= 0.6 is 43.5 Å². The third-order valence-electron chi connectivity index (χ3n) is 10.0. The molecule has 8 nitrogen and oxygen atoms in total. The first kappa shape index (κ1) is 32.4. The lowest BCUT2D eigenvalue weighted by Gasteiger charge is -2.38. The van der Waals surface area contributed by atoms with E-state index in [1.807, 2.05) is 27.0 Å². The van der Waals surface area contributed by atoms with Gasteiger partial charge in [0.05, 0.1) is 23.7 Å². The minimum Gasteiger partial charge on any atom is -0.343 e. The van der Waals surface area contributed by atoms with E-state index in [0.717, 1.165) is 71.3 Å². The highest BCUT2D eigenvalue weighted by Crippen LogP contribution is 2.46. The molecule has 1 aromatic heterocycles. The van der Waals surface area contributed by atoms with Crippen LogP contribution in [0.1, 0.15) is 60.4 Å². The maximum Gasteiger partial charge on any atom is 0.236 e. The van der Waals surface area contributed by atoms with Crippen LogP contribution in [0.25, 0.3) is 0 Å². The summed E-state index contributed by atoms with van der Waals surface area (Å²) in [6, 6.07) is 6.30. The Morgan fingerprint density at radius 3 is 2.20 bits per heavy atom. The lowest BCUT2D eigenvalue weighted by atomic mass is 9.76. The van der Waals surface area contributed by atoms with Gasteiger partial charge in [-0.1, -0.05) is 27.5 Å². The molecule has 2 aromatic rings. The molecule has 0 unspecified atom stereocenters. The zero-order valence-electron chi connectivity index (χ0n) is 24.8. The van der Waals surface area contributed by atoms with Crippen LogP contribution in [0.5, 0.6) is 0 Å². The minimum absolute atomic E-state index is 0.0635. The first-order valence-electron chi connectivity index (χ1n) is 15.7. The number of pyridine rings is 1. The normalized spacial score (nSPS) is 23.1. The summed E-state index contributed by atoms with van der Waals surface area (Å²) in [6.45, 7) is 3.94. The van der Waals surface area contributed by atoms with Crippen LogP contribution < -0.4 is 0 Å². The van der Waals surface area contributed by atoms with E-state index in [-0.39, 0.29) is 41.7 Å². The van der Waals surface area contributed by atoms with Crippen molar-refractivity contribution in [3.8, 4) is 0 Å². The van der Waals surface area contributed by atoms with Crippen molar-refractivity contribution in [1.82, 2.24) is 19.7 Å². The fourth-order valence-electron chi connectivity index (χ4n) is 7.47. The summed E-state index contributed by atoms with van der Waals surface area (Å²) < 4.78 is 25.4. The molecule has 44 heavy (non-hydrogen) atoms. The van der Waals surface area contributed by atoms with Gasteiger partial charge in [0.2, 0.25) is 11.8 Å². The first-order chi connectivity index (χ1) is 21.1. The number of nitrogens with zero attached hydrogens (tertiary/aromatic N) is 4. The molecular weight excluding hydrogens is 732 g/mol. The molecule has 1 atom stereocenters. The van der Waals surface area contributed by atoms with E-state index in [4.69, 9.17) is 16.6 Å². The predicted molar refractivity (Wildman–Crippen MR) is 179 cm³/mol. The van der Waals surface area contributed by atoms with Crippen LogP contribution in [-0.2, 0) is 32.3 Å². The van der Waals surface area contributed by atoms with Crippen molar-refractivity contribution < 1.29 is 18.0 Å². The van der Waals surface area contributed by atoms with E-state index in [0.29, 0.717) is 38.5 Å². The van der Waals surface area contributed by atoms with Gasteiger partial charge in [0, 0.05) is 71.8 Å². The van der Waals surface area contributed by atoms with Gasteiger partial charge in [0.1, 0.15) is 0 Å². The second-order valence-corrected chi connectivity index (χ2v) is 17.3. The molecule has 0 radical (unpaired) electrons. The van der Waals surface area contributed by atoms with E-state index in [2.05, 4.69) is 44.0 Å². The van der Waals surface area contributed by atoms with Crippen molar-refractivity contribution in [3.63, 3.8) is 0 Å².